The van der Waals surface area contributed by atoms with Crippen molar-refractivity contribution in [3.8, 4) is 0 Å². The second-order valence-corrected chi connectivity index (χ2v) is 5.21. The zero-order valence-electron chi connectivity index (χ0n) is 10.6. The number of rotatable bonds is 3. The number of hydrogen-bond acceptors (Lipinski definition) is 2. The summed E-state index contributed by atoms with van der Waals surface area (Å²) in [4.78, 5) is 14.3. The summed E-state index contributed by atoms with van der Waals surface area (Å²) in [6, 6.07) is 3.50. The molecule has 104 valence electrons. The van der Waals surface area contributed by atoms with E-state index in [9.17, 15) is 13.6 Å². The van der Waals surface area contributed by atoms with Gasteiger partial charge in [0.05, 0.1) is 6.54 Å². The van der Waals surface area contributed by atoms with Crippen molar-refractivity contribution in [1.29, 1.82) is 0 Å². The van der Waals surface area contributed by atoms with Crippen LogP contribution in [0.15, 0.2) is 18.3 Å². The van der Waals surface area contributed by atoms with Crippen molar-refractivity contribution >= 4 is 5.91 Å². The van der Waals surface area contributed by atoms with Crippen molar-refractivity contribution in [2.24, 2.45) is 5.92 Å². The first-order chi connectivity index (χ1) is 9.16. The van der Waals surface area contributed by atoms with Crippen molar-refractivity contribution in [2.45, 2.75) is 25.4 Å². The number of alkyl halides is 2. The van der Waals surface area contributed by atoms with Gasteiger partial charge in [-0.1, -0.05) is 0 Å². The number of hydrogen-bond donors (Lipinski definition) is 1. The quantitative estimate of drug-likeness (QED) is 0.895. The van der Waals surface area contributed by atoms with E-state index in [0.29, 0.717) is 11.6 Å². The van der Waals surface area contributed by atoms with E-state index in [0.717, 1.165) is 26.1 Å². The van der Waals surface area contributed by atoms with Crippen molar-refractivity contribution in [2.75, 3.05) is 19.6 Å². The molecular formula is C13H17F2N3O. The standard InChI is InChI=1S/C13H17F2N3O/c14-12(15)8-17-4-1-2-10(17)13(19)18-5-3-9-6-16-7-11(9)18/h1-2,4,9,11-12,16H,3,5-8H2/t9-,11+/m0/s1. The van der Waals surface area contributed by atoms with Crippen LogP contribution in [0.3, 0.4) is 0 Å². The third-order valence-corrected chi connectivity index (χ3v) is 4.09. The molecule has 6 heteroatoms. The van der Waals surface area contributed by atoms with Gasteiger partial charge in [-0.25, -0.2) is 8.78 Å². The van der Waals surface area contributed by atoms with E-state index in [4.69, 9.17) is 0 Å². The highest BCUT2D eigenvalue weighted by molar-refractivity contribution is 5.93. The molecule has 2 fully saturated rings. The molecular weight excluding hydrogens is 252 g/mol. The minimum absolute atomic E-state index is 0.123. The van der Waals surface area contributed by atoms with Crippen LogP contribution in [-0.2, 0) is 6.54 Å². The van der Waals surface area contributed by atoms with Crippen LogP contribution in [0.5, 0.6) is 0 Å². The molecule has 0 unspecified atom stereocenters. The minimum atomic E-state index is -2.45. The first kappa shape index (κ1) is 12.6. The van der Waals surface area contributed by atoms with Crippen molar-refractivity contribution in [3.05, 3.63) is 24.0 Å². The van der Waals surface area contributed by atoms with Crippen LogP contribution in [0.2, 0.25) is 0 Å². The van der Waals surface area contributed by atoms with Gasteiger partial charge in [0.25, 0.3) is 12.3 Å². The highest BCUT2D eigenvalue weighted by Crippen LogP contribution is 2.28. The molecule has 1 aromatic rings. The van der Waals surface area contributed by atoms with E-state index in [-0.39, 0.29) is 11.9 Å². The molecule has 0 aliphatic carbocycles. The Hall–Kier alpha value is -1.43. The molecule has 3 heterocycles. The lowest BCUT2D eigenvalue weighted by atomic mass is 10.1. The summed E-state index contributed by atoms with van der Waals surface area (Å²) >= 11 is 0. The Bertz CT molecular complexity index is 474. The molecule has 2 atom stereocenters. The Morgan fingerprint density at radius 2 is 2.32 bits per heavy atom. The molecule has 0 saturated carbocycles. The van der Waals surface area contributed by atoms with E-state index in [1.54, 1.807) is 18.3 Å². The molecule has 3 rings (SSSR count). The zero-order chi connectivity index (χ0) is 13.4. The number of carbonyl (C=O) groups excluding carboxylic acids is 1. The van der Waals surface area contributed by atoms with Gasteiger partial charge in [0.1, 0.15) is 5.69 Å². The maximum absolute atomic E-state index is 12.5. The van der Waals surface area contributed by atoms with Gasteiger partial charge in [-0.3, -0.25) is 4.79 Å². The van der Waals surface area contributed by atoms with Crippen molar-refractivity contribution < 1.29 is 13.6 Å². The molecule has 0 bridgehead atoms. The lowest BCUT2D eigenvalue weighted by Crippen LogP contribution is -2.40. The summed E-state index contributed by atoms with van der Waals surface area (Å²) in [6.45, 7) is 2.07. The normalized spacial score (nSPS) is 26.2. The lowest BCUT2D eigenvalue weighted by molar-refractivity contribution is 0.0716. The van der Waals surface area contributed by atoms with Crippen LogP contribution in [0.1, 0.15) is 16.9 Å². The molecule has 2 aliphatic rings. The van der Waals surface area contributed by atoms with E-state index in [1.165, 1.54) is 4.57 Å². The maximum Gasteiger partial charge on any atom is 0.270 e. The summed E-state index contributed by atoms with van der Waals surface area (Å²) in [5.74, 6) is 0.393. The Balaban J connectivity index is 1.78. The van der Waals surface area contributed by atoms with Gasteiger partial charge in [0.15, 0.2) is 0 Å². The van der Waals surface area contributed by atoms with Crippen LogP contribution in [0, 0.1) is 5.92 Å². The number of amides is 1. The second-order valence-electron chi connectivity index (χ2n) is 5.21. The molecule has 1 aromatic heterocycles. The third-order valence-electron chi connectivity index (χ3n) is 4.09. The third kappa shape index (κ3) is 2.25. The smallest absolute Gasteiger partial charge is 0.270 e. The van der Waals surface area contributed by atoms with Gasteiger partial charge in [0.2, 0.25) is 0 Å². The summed E-state index contributed by atoms with van der Waals surface area (Å²) in [5.41, 5.74) is 0.368. The number of halogens is 2. The van der Waals surface area contributed by atoms with Gasteiger partial charge < -0.3 is 14.8 Å². The SMILES string of the molecule is O=C(c1cccn1CC(F)F)N1CC[C@H]2CNC[C@H]21. The second kappa shape index (κ2) is 4.92. The molecule has 2 saturated heterocycles. The van der Waals surface area contributed by atoms with Gasteiger partial charge in [-0.05, 0) is 24.5 Å². The van der Waals surface area contributed by atoms with Gasteiger partial charge in [0, 0.05) is 31.9 Å². The van der Waals surface area contributed by atoms with E-state index in [2.05, 4.69) is 5.32 Å². The van der Waals surface area contributed by atoms with Gasteiger partial charge in [-0.2, -0.15) is 0 Å². The number of aromatic nitrogens is 1. The van der Waals surface area contributed by atoms with Gasteiger partial charge >= 0.3 is 0 Å². The fourth-order valence-corrected chi connectivity index (χ4v) is 3.16. The van der Waals surface area contributed by atoms with E-state index < -0.39 is 13.0 Å². The highest BCUT2D eigenvalue weighted by Gasteiger charge is 2.40. The average Bonchev–Trinajstić information content (AvgIpc) is 3.01. The topological polar surface area (TPSA) is 37.3 Å². The number of likely N-dealkylation sites (tertiary alicyclic amines) is 1. The fourth-order valence-electron chi connectivity index (χ4n) is 3.16. The first-order valence-electron chi connectivity index (χ1n) is 6.62. The van der Waals surface area contributed by atoms with Crippen LogP contribution in [0.4, 0.5) is 8.78 Å². The van der Waals surface area contributed by atoms with Crippen LogP contribution >= 0.6 is 0 Å². The first-order valence-corrected chi connectivity index (χ1v) is 6.62. The highest BCUT2D eigenvalue weighted by atomic mass is 19.3. The summed E-state index contributed by atoms with van der Waals surface area (Å²) in [5, 5.41) is 3.28. The van der Waals surface area contributed by atoms with Crippen molar-refractivity contribution in [1.82, 2.24) is 14.8 Å². The zero-order valence-corrected chi connectivity index (χ0v) is 10.6. The van der Waals surface area contributed by atoms with Crippen LogP contribution in [0.25, 0.3) is 0 Å². The summed E-state index contributed by atoms with van der Waals surface area (Å²) in [6.07, 6.45) is 0.0946. The molecule has 4 nitrogen and oxygen atoms in total. The predicted molar refractivity (Wildman–Crippen MR) is 66.2 cm³/mol. The lowest BCUT2D eigenvalue weighted by Gasteiger charge is -2.24. The summed E-state index contributed by atoms with van der Waals surface area (Å²) in [7, 11) is 0. The number of carbonyl (C=O) groups is 1. The molecule has 2 aliphatic heterocycles. The van der Waals surface area contributed by atoms with E-state index >= 15 is 0 Å². The van der Waals surface area contributed by atoms with Gasteiger partial charge in [-0.15, -0.1) is 0 Å². The predicted octanol–water partition coefficient (Wildman–Crippen LogP) is 1.19. The Morgan fingerprint density at radius 1 is 1.47 bits per heavy atom. The molecule has 1 N–H and O–H groups in total. The minimum Gasteiger partial charge on any atom is -0.338 e. The molecule has 0 aromatic carbocycles. The number of nitrogens with zero attached hydrogens (tertiary/aromatic N) is 2. The monoisotopic (exact) mass is 269 g/mol. The number of nitrogens with one attached hydrogen (secondary N) is 1. The number of fused-ring (bicyclic) bond motifs is 1. The molecule has 1 amide bonds. The average molecular weight is 269 g/mol. The van der Waals surface area contributed by atoms with E-state index in [1.807, 2.05) is 4.90 Å². The maximum atomic E-state index is 12.5. The molecule has 19 heavy (non-hydrogen) atoms. The Morgan fingerprint density at radius 3 is 3.11 bits per heavy atom. The Labute approximate surface area is 110 Å². The largest absolute Gasteiger partial charge is 0.338 e. The van der Waals surface area contributed by atoms with Crippen LogP contribution < -0.4 is 5.32 Å². The molecule has 0 spiro atoms. The molecule has 0 radical (unpaired) electrons. The van der Waals surface area contributed by atoms with Crippen molar-refractivity contribution in [3.63, 3.8) is 0 Å². The summed E-state index contributed by atoms with van der Waals surface area (Å²) < 4.78 is 26.3. The Kier molecular flexibility index (Phi) is 3.26. The fraction of sp³-hybridized carbons (Fsp3) is 0.615. The van der Waals surface area contributed by atoms with Crippen LogP contribution in [-0.4, -0.2) is 47.5 Å².